The second-order valence-electron chi connectivity index (χ2n) is 7.65. The van der Waals surface area contributed by atoms with E-state index in [1.807, 2.05) is 0 Å². The Labute approximate surface area is 188 Å². The summed E-state index contributed by atoms with van der Waals surface area (Å²) in [6, 6.07) is -4.88. The van der Waals surface area contributed by atoms with Crippen LogP contribution in [0.25, 0.3) is 0 Å². The standard InChI is InChI=1S/C19H28N6O8/c20-11(3-4-15(27)28)16(29)23-12(6-10-7-21-9-22-10)17(30)24-13(8-26)18(31)25-5-1-2-14(25)19(32)33/h7,9,11-14,26H,1-6,8,20H2,(H,21,22)(H,23,29)(H,24,30)(H,27,28)(H,32,33). The molecule has 4 atom stereocenters. The molecule has 0 aliphatic carbocycles. The van der Waals surface area contributed by atoms with Gasteiger partial charge in [-0.25, -0.2) is 9.78 Å². The van der Waals surface area contributed by atoms with Crippen LogP contribution in [0.15, 0.2) is 12.5 Å². The Morgan fingerprint density at radius 3 is 2.45 bits per heavy atom. The summed E-state index contributed by atoms with van der Waals surface area (Å²) in [6.45, 7) is -0.606. The van der Waals surface area contributed by atoms with E-state index >= 15 is 0 Å². The lowest BCUT2D eigenvalue weighted by atomic mass is 10.1. The minimum absolute atomic E-state index is 0.0585. The number of nitrogens with zero attached hydrogens (tertiary/aromatic N) is 2. The number of hydrogen-bond acceptors (Lipinski definition) is 8. The summed E-state index contributed by atoms with van der Waals surface area (Å²) in [6.07, 6.45) is 2.98. The molecule has 0 spiro atoms. The lowest BCUT2D eigenvalue weighted by Gasteiger charge is -2.28. The molecule has 182 valence electrons. The Hall–Kier alpha value is -3.52. The van der Waals surface area contributed by atoms with Crippen LogP contribution in [0.1, 0.15) is 31.4 Å². The van der Waals surface area contributed by atoms with Crippen LogP contribution in [0, 0.1) is 0 Å². The Bertz CT molecular complexity index is 860. The van der Waals surface area contributed by atoms with E-state index in [0.29, 0.717) is 12.1 Å². The summed E-state index contributed by atoms with van der Waals surface area (Å²) < 4.78 is 0. The molecule has 3 amide bonds. The number of aliphatic hydroxyl groups excluding tert-OH is 1. The molecule has 8 N–H and O–H groups in total. The number of rotatable bonds is 12. The van der Waals surface area contributed by atoms with Crippen molar-refractivity contribution in [3.05, 3.63) is 18.2 Å². The van der Waals surface area contributed by atoms with Crippen molar-refractivity contribution in [3.8, 4) is 0 Å². The molecule has 0 bridgehead atoms. The maximum Gasteiger partial charge on any atom is 0.326 e. The highest BCUT2D eigenvalue weighted by Gasteiger charge is 2.38. The van der Waals surface area contributed by atoms with Crippen molar-refractivity contribution in [1.82, 2.24) is 25.5 Å². The number of aliphatic carboxylic acids is 2. The van der Waals surface area contributed by atoms with Gasteiger partial charge in [-0.05, 0) is 19.3 Å². The van der Waals surface area contributed by atoms with E-state index < -0.39 is 60.4 Å². The maximum absolute atomic E-state index is 12.9. The van der Waals surface area contributed by atoms with E-state index in [4.69, 9.17) is 10.8 Å². The van der Waals surface area contributed by atoms with Crippen LogP contribution in [0.2, 0.25) is 0 Å². The molecule has 2 rings (SSSR count). The molecule has 14 heteroatoms. The third kappa shape index (κ3) is 7.25. The van der Waals surface area contributed by atoms with Crippen LogP contribution >= 0.6 is 0 Å². The predicted octanol–water partition coefficient (Wildman–Crippen LogP) is -2.82. The summed E-state index contributed by atoms with van der Waals surface area (Å²) in [4.78, 5) is 67.8. The minimum atomic E-state index is -1.42. The number of imidazole rings is 1. The van der Waals surface area contributed by atoms with Crippen molar-refractivity contribution >= 4 is 29.7 Å². The maximum atomic E-state index is 12.9. The predicted molar refractivity (Wildman–Crippen MR) is 110 cm³/mol. The first kappa shape index (κ1) is 25.7. The number of aromatic amines is 1. The van der Waals surface area contributed by atoms with Gasteiger partial charge in [-0.2, -0.15) is 0 Å². The van der Waals surface area contributed by atoms with Gasteiger partial charge in [-0.1, -0.05) is 0 Å². The third-order valence-corrected chi connectivity index (χ3v) is 5.24. The number of nitrogens with one attached hydrogen (secondary N) is 3. The average molecular weight is 468 g/mol. The second-order valence-corrected chi connectivity index (χ2v) is 7.65. The summed E-state index contributed by atoms with van der Waals surface area (Å²) in [7, 11) is 0. The number of carbonyl (C=O) groups is 5. The molecule has 0 saturated carbocycles. The zero-order chi connectivity index (χ0) is 24.5. The number of carboxylic acids is 2. The second kappa shape index (κ2) is 11.9. The van der Waals surface area contributed by atoms with E-state index in [2.05, 4.69) is 20.6 Å². The molecule has 1 saturated heterocycles. The van der Waals surface area contributed by atoms with E-state index in [1.165, 1.54) is 12.5 Å². The highest BCUT2D eigenvalue weighted by atomic mass is 16.4. The van der Waals surface area contributed by atoms with Gasteiger partial charge < -0.3 is 41.6 Å². The average Bonchev–Trinajstić information content (AvgIpc) is 3.46. The van der Waals surface area contributed by atoms with E-state index in [-0.39, 0.29) is 32.2 Å². The number of nitrogens with two attached hydrogens (primary N) is 1. The molecule has 2 heterocycles. The zero-order valence-corrected chi connectivity index (χ0v) is 17.8. The van der Waals surface area contributed by atoms with Crippen molar-refractivity contribution in [1.29, 1.82) is 0 Å². The number of aromatic nitrogens is 2. The number of H-pyrrole nitrogens is 1. The SMILES string of the molecule is NC(CCC(=O)O)C(=O)NC(Cc1cnc[nH]1)C(=O)NC(CO)C(=O)N1CCCC1C(=O)O. The van der Waals surface area contributed by atoms with Gasteiger partial charge in [-0.3, -0.25) is 19.2 Å². The van der Waals surface area contributed by atoms with Crippen LogP contribution < -0.4 is 16.4 Å². The molecular weight excluding hydrogens is 440 g/mol. The van der Waals surface area contributed by atoms with Gasteiger partial charge in [0.05, 0.1) is 19.0 Å². The van der Waals surface area contributed by atoms with Gasteiger partial charge in [-0.15, -0.1) is 0 Å². The molecule has 14 nitrogen and oxygen atoms in total. The fourth-order valence-corrected chi connectivity index (χ4v) is 3.46. The molecule has 1 aromatic rings. The Morgan fingerprint density at radius 1 is 1.18 bits per heavy atom. The molecule has 33 heavy (non-hydrogen) atoms. The molecule has 4 unspecified atom stereocenters. The lowest BCUT2D eigenvalue weighted by molar-refractivity contribution is -0.150. The molecular formula is C19H28N6O8. The Balaban J connectivity index is 2.10. The highest BCUT2D eigenvalue weighted by molar-refractivity contribution is 5.94. The Kier molecular flexibility index (Phi) is 9.30. The summed E-state index contributed by atoms with van der Waals surface area (Å²) in [5, 5.41) is 32.5. The quantitative estimate of drug-likeness (QED) is 0.166. The number of amides is 3. The third-order valence-electron chi connectivity index (χ3n) is 5.24. The first-order valence-electron chi connectivity index (χ1n) is 10.3. The summed E-state index contributed by atoms with van der Waals surface area (Å²) >= 11 is 0. The number of likely N-dealkylation sites (tertiary alicyclic amines) is 1. The number of aliphatic hydroxyl groups is 1. The van der Waals surface area contributed by atoms with Gasteiger partial charge in [0, 0.05) is 31.3 Å². The van der Waals surface area contributed by atoms with Crippen LogP contribution in [-0.2, 0) is 30.4 Å². The van der Waals surface area contributed by atoms with Crippen molar-refractivity contribution in [3.63, 3.8) is 0 Å². The van der Waals surface area contributed by atoms with Gasteiger partial charge >= 0.3 is 11.9 Å². The lowest BCUT2D eigenvalue weighted by Crippen LogP contribution is -2.58. The minimum Gasteiger partial charge on any atom is -0.481 e. The number of hydrogen-bond donors (Lipinski definition) is 7. The fraction of sp³-hybridized carbons (Fsp3) is 0.579. The van der Waals surface area contributed by atoms with Gasteiger partial charge in [0.2, 0.25) is 17.7 Å². The summed E-state index contributed by atoms with van der Waals surface area (Å²) in [5.74, 6) is -4.64. The topological polar surface area (TPSA) is 228 Å². The molecule has 0 aromatic carbocycles. The van der Waals surface area contributed by atoms with Gasteiger partial charge in [0.1, 0.15) is 18.1 Å². The first-order chi connectivity index (χ1) is 15.6. The molecule has 1 aromatic heterocycles. The van der Waals surface area contributed by atoms with Crippen LogP contribution in [0.5, 0.6) is 0 Å². The van der Waals surface area contributed by atoms with Crippen molar-refractivity contribution < 1.29 is 39.3 Å². The number of carboxylic acid groups (broad SMARTS) is 2. The number of carbonyl (C=O) groups excluding carboxylic acids is 3. The largest absolute Gasteiger partial charge is 0.481 e. The van der Waals surface area contributed by atoms with Gasteiger partial charge in [0.25, 0.3) is 0 Å². The monoisotopic (exact) mass is 468 g/mol. The fourth-order valence-electron chi connectivity index (χ4n) is 3.46. The highest BCUT2D eigenvalue weighted by Crippen LogP contribution is 2.18. The smallest absolute Gasteiger partial charge is 0.326 e. The van der Waals surface area contributed by atoms with Gasteiger partial charge in [0.15, 0.2) is 0 Å². The van der Waals surface area contributed by atoms with E-state index in [1.54, 1.807) is 0 Å². The van der Waals surface area contributed by atoms with Crippen molar-refractivity contribution in [2.24, 2.45) is 5.73 Å². The first-order valence-corrected chi connectivity index (χ1v) is 10.3. The Morgan fingerprint density at radius 2 is 1.88 bits per heavy atom. The molecule has 1 fully saturated rings. The van der Waals surface area contributed by atoms with Crippen LogP contribution in [0.3, 0.4) is 0 Å². The van der Waals surface area contributed by atoms with E-state index in [9.17, 15) is 34.2 Å². The van der Waals surface area contributed by atoms with Crippen molar-refractivity contribution in [2.45, 2.75) is 56.3 Å². The normalized spacial score (nSPS) is 18.2. The zero-order valence-electron chi connectivity index (χ0n) is 17.8. The van der Waals surface area contributed by atoms with Crippen LogP contribution in [0.4, 0.5) is 0 Å². The molecule has 1 aliphatic heterocycles. The van der Waals surface area contributed by atoms with Crippen molar-refractivity contribution in [2.75, 3.05) is 13.2 Å². The molecule has 0 radical (unpaired) electrons. The van der Waals surface area contributed by atoms with E-state index in [0.717, 1.165) is 4.90 Å². The summed E-state index contributed by atoms with van der Waals surface area (Å²) in [5.41, 5.74) is 6.18. The van der Waals surface area contributed by atoms with Crippen LogP contribution in [-0.4, -0.2) is 97.2 Å². The molecule has 1 aliphatic rings.